The summed E-state index contributed by atoms with van der Waals surface area (Å²) >= 11 is 2.20. The maximum atomic E-state index is 5.48. The first-order chi connectivity index (χ1) is 7.60. The first-order valence-electron chi connectivity index (χ1n) is 4.75. The van der Waals surface area contributed by atoms with Crippen molar-refractivity contribution in [2.45, 2.75) is 6.92 Å². The molecule has 0 bridgehead atoms. The first-order valence-corrected chi connectivity index (χ1v) is 5.83. The van der Waals surface area contributed by atoms with Crippen LogP contribution in [0.15, 0.2) is 18.7 Å². The highest BCUT2D eigenvalue weighted by molar-refractivity contribution is 14.1. The molecule has 1 aromatic carbocycles. The van der Waals surface area contributed by atoms with Crippen molar-refractivity contribution in [3.05, 3.63) is 27.8 Å². The number of rotatable bonds is 5. The van der Waals surface area contributed by atoms with Crippen LogP contribution in [0.4, 0.5) is 0 Å². The minimum absolute atomic E-state index is 0.225. The normalized spacial score (nSPS) is 10.0. The lowest BCUT2D eigenvalue weighted by Gasteiger charge is -2.13. The molecule has 1 rings (SSSR count). The molecule has 0 aliphatic rings. The van der Waals surface area contributed by atoms with E-state index >= 15 is 0 Å². The van der Waals surface area contributed by atoms with Gasteiger partial charge in [-0.2, -0.15) is 0 Å². The van der Waals surface area contributed by atoms with Crippen LogP contribution in [-0.2, 0) is 4.74 Å². The maximum Gasteiger partial charge on any atom is 0.188 e. The molecule has 0 radical (unpaired) electrons. The van der Waals surface area contributed by atoms with Crippen molar-refractivity contribution in [2.75, 3.05) is 21.0 Å². The highest BCUT2D eigenvalue weighted by Crippen LogP contribution is 2.33. The van der Waals surface area contributed by atoms with Crippen LogP contribution < -0.4 is 9.47 Å². The van der Waals surface area contributed by atoms with E-state index in [4.69, 9.17) is 14.2 Å². The van der Waals surface area contributed by atoms with Crippen molar-refractivity contribution >= 4 is 28.2 Å². The number of halogens is 1. The average molecular weight is 334 g/mol. The lowest BCUT2D eigenvalue weighted by atomic mass is 10.1. The molecular weight excluding hydrogens is 319 g/mol. The van der Waals surface area contributed by atoms with Crippen LogP contribution in [0.3, 0.4) is 0 Å². The second kappa shape index (κ2) is 6.10. The van der Waals surface area contributed by atoms with E-state index in [0.717, 1.165) is 26.2 Å². The van der Waals surface area contributed by atoms with E-state index in [9.17, 15) is 0 Å². The van der Waals surface area contributed by atoms with Crippen molar-refractivity contribution in [1.29, 1.82) is 0 Å². The number of ether oxygens (including phenoxy) is 3. The lowest BCUT2D eigenvalue weighted by Crippen LogP contribution is -2.02. The highest BCUT2D eigenvalue weighted by atomic mass is 127. The Hall–Kier alpha value is -0.750. The van der Waals surface area contributed by atoms with Crippen LogP contribution >= 0.6 is 22.6 Å². The first kappa shape index (κ1) is 13.3. The Balaban J connectivity index is 3.14. The Morgan fingerprint density at radius 3 is 2.50 bits per heavy atom. The van der Waals surface area contributed by atoms with Gasteiger partial charge in [-0.3, -0.25) is 0 Å². The molecule has 0 N–H and O–H groups in total. The van der Waals surface area contributed by atoms with Gasteiger partial charge in [-0.1, -0.05) is 6.58 Å². The monoisotopic (exact) mass is 334 g/mol. The van der Waals surface area contributed by atoms with Gasteiger partial charge < -0.3 is 14.2 Å². The molecule has 0 aliphatic carbocycles. The van der Waals surface area contributed by atoms with Crippen molar-refractivity contribution in [1.82, 2.24) is 0 Å². The highest BCUT2D eigenvalue weighted by Gasteiger charge is 2.10. The molecule has 88 valence electrons. The topological polar surface area (TPSA) is 27.7 Å². The van der Waals surface area contributed by atoms with Crippen LogP contribution in [0.1, 0.15) is 12.5 Å². The third-order valence-corrected chi connectivity index (χ3v) is 2.89. The summed E-state index contributed by atoms with van der Waals surface area (Å²) in [6.45, 7) is 6.08. The van der Waals surface area contributed by atoms with E-state index in [-0.39, 0.29) is 6.79 Å². The van der Waals surface area contributed by atoms with E-state index in [0.29, 0.717) is 0 Å². The van der Waals surface area contributed by atoms with Crippen LogP contribution in [0.2, 0.25) is 0 Å². The summed E-state index contributed by atoms with van der Waals surface area (Å²) < 4.78 is 16.6. The van der Waals surface area contributed by atoms with E-state index in [2.05, 4.69) is 29.2 Å². The van der Waals surface area contributed by atoms with Crippen LogP contribution in [-0.4, -0.2) is 21.0 Å². The quantitative estimate of drug-likeness (QED) is 0.611. The summed E-state index contributed by atoms with van der Waals surface area (Å²) in [5.41, 5.74) is 1.87. The van der Waals surface area contributed by atoms with Gasteiger partial charge in [0.1, 0.15) is 11.5 Å². The summed E-state index contributed by atoms with van der Waals surface area (Å²) in [5.74, 6) is 1.59. The zero-order valence-corrected chi connectivity index (χ0v) is 11.8. The van der Waals surface area contributed by atoms with Gasteiger partial charge in [0, 0.05) is 12.7 Å². The summed E-state index contributed by atoms with van der Waals surface area (Å²) in [4.78, 5) is 0. The van der Waals surface area contributed by atoms with Crippen LogP contribution in [0.25, 0.3) is 5.57 Å². The Bertz CT molecular complexity index is 388. The smallest absolute Gasteiger partial charge is 0.188 e. The molecule has 4 heteroatoms. The third kappa shape index (κ3) is 3.12. The lowest BCUT2D eigenvalue weighted by molar-refractivity contribution is 0.0508. The molecule has 0 aromatic heterocycles. The minimum atomic E-state index is 0.225. The molecule has 0 atom stereocenters. The van der Waals surface area contributed by atoms with Gasteiger partial charge in [-0.05, 0) is 47.2 Å². The molecule has 0 unspecified atom stereocenters. The number of hydrogen-bond acceptors (Lipinski definition) is 3. The summed E-state index contributed by atoms with van der Waals surface area (Å²) in [5, 5.41) is 0. The summed E-state index contributed by atoms with van der Waals surface area (Å²) in [6, 6.07) is 3.84. The Morgan fingerprint density at radius 1 is 1.31 bits per heavy atom. The number of benzene rings is 1. The van der Waals surface area contributed by atoms with Gasteiger partial charge in [-0.15, -0.1) is 0 Å². The average Bonchev–Trinajstić information content (AvgIpc) is 2.25. The van der Waals surface area contributed by atoms with E-state index in [1.54, 1.807) is 14.2 Å². The zero-order chi connectivity index (χ0) is 12.1. The van der Waals surface area contributed by atoms with Gasteiger partial charge in [0.2, 0.25) is 0 Å². The molecule has 0 saturated heterocycles. The Kier molecular flexibility index (Phi) is 5.08. The largest absolute Gasteiger partial charge is 0.496 e. The summed E-state index contributed by atoms with van der Waals surface area (Å²) in [6.07, 6.45) is 0. The van der Waals surface area contributed by atoms with Crippen molar-refractivity contribution < 1.29 is 14.2 Å². The van der Waals surface area contributed by atoms with Crippen LogP contribution in [0, 0.1) is 3.57 Å². The number of methoxy groups -OCH3 is 2. The van der Waals surface area contributed by atoms with Crippen molar-refractivity contribution in [2.24, 2.45) is 0 Å². The molecule has 0 spiro atoms. The molecule has 0 fully saturated rings. The number of allylic oxidation sites excluding steroid dienone is 1. The zero-order valence-electron chi connectivity index (χ0n) is 9.67. The predicted molar refractivity (Wildman–Crippen MR) is 72.9 cm³/mol. The third-order valence-electron chi connectivity index (χ3n) is 2.05. The van der Waals surface area contributed by atoms with Crippen LogP contribution in [0.5, 0.6) is 11.5 Å². The molecule has 3 nitrogen and oxygen atoms in total. The molecule has 16 heavy (non-hydrogen) atoms. The fraction of sp³-hybridized carbons (Fsp3) is 0.333. The SMILES string of the molecule is C=C(C)c1cc(OC)c(I)cc1OCOC. The minimum Gasteiger partial charge on any atom is -0.496 e. The van der Waals surface area contributed by atoms with Gasteiger partial charge in [0.05, 0.1) is 10.7 Å². The standard InChI is InChI=1S/C12H15IO3/c1-8(2)9-5-12(15-4)10(13)6-11(9)16-7-14-3/h5-6H,1,7H2,2-4H3. The molecule has 0 aliphatic heterocycles. The molecule has 0 heterocycles. The molecule has 0 amide bonds. The number of hydrogen-bond donors (Lipinski definition) is 0. The molecule has 0 saturated carbocycles. The second-order valence-electron chi connectivity index (χ2n) is 3.31. The fourth-order valence-electron chi connectivity index (χ4n) is 1.27. The predicted octanol–water partition coefficient (Wildman–Crippen LogP) is 3.32. The second-order valence-corrected chi connectivity index (χ2v) is 4.48. The molecule has 1 aromatic rings. The van der Waals surface area contributed by atoms with Gasteiger partial charge in [-0.25, -0.2) is 0 Å². The maximum absolute atomic E-state index is 5.48. The van der Waals surface area contributed by atoms with Gasteiger partial charge in [0.25, 0.3) is 0 Å². The molecular formula is C12H15IO3. The Morgan fingerprint density at radius 2 is 2.00 bits per heavy atom. The van der Waals surface area contributed by atoms with Crippen molar-refractivity contribution in [3.8, 4) is 11.5 Å². The van der Waals surface area contributed by atoms with Gasteiger partial charge in [0.15, 0.2) is 6.79 Å². The van der Waals surface area contributed by atoms with Crippen molar-refractivity contribution in [3.63, 3.8) is 0 Å². The summed E-state index contributed by atoms with van der Waals surface area (Å²) in [7, 11) is 3.24. The Labute approximate surface area is 110 Å². The van der Waals surface area contributed by atoms with E-state index in [1.165, 1.54) is 0 Å². The van der Waals surface area contributed by atoms with Gasteiger partial charge >= 0.3 is 0 Å². The fourth-order valence-corrected chi connectivity index (χ4v) is 1.93. The van der Waals surface area contributed by atoms with E-state index in [1.807, 2.05) is 19.1 Å². The van der Waals surface area contributed by atoms with E-state index < -0.39 is 0 Å².